The van der Waals surface area contributed by atoms with Gasteiger partial charge in [0.15, 0.2) is 16.6 Å². The zero-order valence-electron chi connectivity index (χ0n) is 23.9. The second-order valence-corrected chi connectivity index (χ2v) is 21.2. The number of ether oxygens (including phenoxy) is 1. The summed E-state index contributed by atoms with van der Waals surface area (Å²) in [5.41, 5.74) is 1.53. The van der Waals surface area contributed by atoms with Gasteiger partial charge < -0.3 is 13.6 Å². The van der Waals surface area contributed by atoms with Crippen molar-refractivity contribution in [2.75, 3.05) is 6.61 Å². The summed E-state index contributed by atoms with van der Waals surface area (Å²) < 4.78 is 20.0. The number of hydrogen-bond acceptors (Lipinski definition) is 3. The van der Waals surface area contributed by atoms with E-state index in [-0.39, 0.29) is 11.1 Å². The van der Waals surface area contributed by atoms with Gasteiger partial charge in [-0.2, -0.15) is 0 Å². The molecule has 0 spiro atoms. The fraction of sp³-hybridized carbons (Fsp3) is 0.667. The molecule has 3 atom stereocenters. The fourth-order valence-electron chi connectivity index (χ4n) is 4.85. The lowest BCUT2D eigenvalue weighted by Gasteiger charge is -2.39. The third-order valence-corrected chi connectivity index (χ3v) is 17.7. The average Bonchev–Trinajstić information content (AvgIpc) is 3.20. The van der Waals surface area contributed by atoms with Crippen LogP contribution >= 0.6 is 0 Å². The molecule has 0 fully saturated rings. The van der Waals surface area contributed by atoms with E-state index >= 15 is 0 Å². The Labute approximate surface area is 218 Å². The first-order valence-corrected chi connectivity index (χ1v) is 19.3. The van der Waals surface area contributed by atoms with Gasteiger partial charge >= 0.3 is 0 Å². The maximum absolute atomic E-state index is 6.97. The van der Waals surface area contributed by atoms with Crippen LogP contribution in [0.15, 0.2) is 54.6 Å². The van der Waals surface area contributed by atoms with E-state index in [9.17, 15) is 0 Å². The van der Waals surface area contributed by atoms with Crippen LogP contribution < -0.4 is 4.74 Å². The van der Waals surface area contributed by atoms with Crippen molar-refractivity contribution in [3.63, 3.8) is 0 Å². The molecule has 198 valence electrons. The van der Waals surface area contributed by atoms with Gasteiger partial charge in [-0.05, 0) is 74.1 Å². The number of rotatable bonds is 15. The summed E-state index contributed by atoms with van der Waals surface area (Å²) in [5, 5.41) is 0.170. The van der Waals surface area contributed by atoms with Gasteiger partial charge in [-0.25, -0.2) is 0 Å². The number of benzene rings is 1. The summed E-state index contributed by atoms with van der Waals surface area (Å²) in [6.07, 6.45) is 8.98. The van der Waals surface area contributed by atoms with Gasteiger partial charge in [0.05, 0.1) is 12.2 Å². The molecule has 0 bridgehead atoms. The first-order chi connectivity index (χ1) is 16.5. The van der Waals surface area contributed by atoms with Crippen LogP contribution in [0.25, 0.3) is 0 Å². The van der Waals surface area contributed by atoms with Crippen LogP contribution in [0.5, 0.6) is 5.75 Å². The molecule has 1 aromatic rings. The molecule has 35 heavy (non-hydrogen) atoms. The second-order valence-electron chi connectivity index (χ2n) is 11.7. The van der Waals surface area contributed by atoms with Crippen LogP contribution in [0.2, 0.25) is 36.3 Å². The highest BCUT2D eigenvalue weighted by molar-refractivity contribution is 6.74. The van der Waals surface area contributed by atoms with Crippen LogP contribution in [0, 0.1) is 5.92 Å². The van der Waals surface area contributed by atoms with Crippen LogP contribution in [-0.4, -0.2) is 35.4 Å². The van der Waals surface area contributed by atoms with E-state index in [0.717, 1.165) is 31.4 Å². The summed E-state index contributed by atoms with van der Waals surface area (Å²) in [6, 6.07) is 13.7. The molecule has 0 N–H and O–H groups in total. The van der Waals surface area contributed by atoms with E-state index in [4.69, 9.17) is 13.6 Å². The van der Waals surface area contributed by atoms with Crippen molar-refractivity contribution in [2.24, 2.45) is 5.92 Å². The van der Waals surface area contributed by atoms with Crippen molar-refractivity contribution in [1.82, 2.24) is 0 Å². The molecule has 0 heterocycles. The molecule has 2 rings (SSSR count). The van der Waals surface area contributed by atoms with Gasteiger partial charge in [0.25, 0.3) is 0 Å². The molecule has 0 aromatic heterocycles. The van der Waals surface area contributed by atoms with Gasteiger partial charge in [0.2, 0.25) is 0 Å². The van der Waals surface area contributed by atoms with Gasteiger partial charge in [0, 0.05) is 5.92 Å². The number of para-hydroxylation sites is 1. The van der Waals surface area contributed by atoms with E-state index in [1.807, 2.05) is 30.3 Å². The van der Waals surface area contributed by atoms with E-state index in [2.05, 4.69) is 73.4 Å². The molecule has 1 aromatic carbocycles. The van der Waals surface area contributed by atoms with Crippen molar-refractivity contribution in [1.29, 1.82) is 0 Å². The lowest BCUT2D eigenvalue weighted by Crippen LogP contribution is -2.45. The molecule has 0 saturated carbocycles. The first-order valence-electron chi connectivity index (χ1n) is 13.8. The van der Waals surface area contributed by atoms with Crippen molar-refractivity contribution in [3.8, 4) is 5.75 Å². The maximum Gasteiger partial charge on any atom is 0.192 e. The minimum atomic E-state index is -1.91. The smallest absolute Gasteiger partial charge is 0.192 e. The Balaban J connectivity index is 2.11. The molecule has 0 radical (unpaired) electrons. The van der Waals surface area contributed by atoms with Gasteiger partial charge in [0.1, 0.15) is 12.4 Å². The van der Waals surface area contributed by atoms with E-state index in [0.29, 0.717) is 18.6 Å². The molecule has 0 amide bonds. The van der Waals surface area contributed by atoms with Gasteiger partial charge in [-0.15, -0.1) is 6.58 Å². The monoisotopic (exact) mass is 516 g/mol. The van der Waals surface area contributed by atoms with Gasteiger partial charge in [-0.3, -0.25) is 0 Å². The standard InChI is InChI=1S/C30H52O3Si2/c1-10-17-28-25(21-23-29(28)33-35(11-2,12-3)13-4)20-22-27(32-34(8,9)30(5,6)7)24-31-26-18-15-14-16-19-26/h10,14-16,18-19,21,27-29H,1,11-13,17,20,22-24H2,2-9H3. The Morgan fingerprint density at radius 2 is 1.69 bits per heavy atom. The summed E-state index contributed by atoms with van der Waals surface area (Å²) in [5.74, 6) is 1.36. The normalized spacial score (nSPS) is 19.9. The third kappa shape index (κ3) is 8.45. The van der Waals surface area contributed by atoms with Crippen LogP contribution in [0.4, 0.5) is 0 Å². The lowest BCUT2D eigenvalue weighted by molar-refractivity contribution is 0.106. The molecule has 1 aliphatic rings. The highest BCUT2D eigenvalue weighted by Crippen LogP contribution is 2.40. The quantitative estimate of drug-likeness (QED) is 0.172. The predicted octanol–water partition coefficient (Wildman–Crippen LogP) is 9.15. The molecule has 0 aliphatic heterocycles. The predicted molar refractivity (Wildman–Crippen MR) is 156 cm³/mol. The highest BCUT2D eigenvalue weighted by Gasteiger charge is 2.40. The van der Waals surface area contributed by atoms with E-state index < -0.39 is 16.6 Å². The summed E-state index contributed by atoms with van der Waals surface area (Å²) in [7, 11) is -3.55. The Bertz CT molecular complexity index is 785. The Hall–Kier alpha value is -1.15. The molecule has 0 saturated heterocycles. The van der Waals surface area contributed by atoms with Crippen molar-refractivity contribution in [3.05, 3.63) is 54.6 Å². The third-order valence-electron chi connectivity index (χ3n) is 8.49. The summed E-state index contributed by atoms with van der Waals surface area (Å²) >= 11 is 0. The van der Waals surface area contributed by atoms with Crippen molar-refractivity contribution >= 4 is 16.6 Å². The number of allylic oxidation sites excluding steroid dienone is 1. The fourth-order valence-corrected chi connectivity index (χ4v) is 9.12. The first kappa shape index (κ1) is 30.1. The largest absolute Gasteiger partial charge is 0.491 e. The Kier molecular flexibility index (Phi) is 11.5. The Morgan fingerprint density at radius 1 is 1.06 bits per heavy atom. The van der Waals surface area contributed by atoms with Crippen molar-refractivity contribution in [2.45, 2.75) is 116 Å². The van der Waals surface area contributed by atoms with Crippen LogP contribution in [0.3, 0.4) is 0 Å². The zero-order chi connectivity index (χ0) is 26.1. The highest BCUT2D eigenvalue weighted by atomic mass is 28.4. The minimum absolute atomic E-state index is 0.0803. The van der Waals surface area contributed by atoms with E-state index in [1.165, 1.54) is 23.7 Å². The zero-order valence-corrected chi connectivity index (χ0v) is 25.9. The van der Waals surface area contributed by atoms with Crippen LogP contribution in [0.1, 0.15) is 67.2 Å². The molecule has 3 unspecified atom stereocenters. The SMILES string of the molecule is C=CCC1C(CCC(COc2ccccc2)O[Si](C)(C)C(C)(C)C)=CCC1O[Si](CC)(CC)CC. The molecule has 1 aliphatic carbocycles. The van der Waals surface area contributed by atoms with E-state index in [1.54, 1.807) is 0 Å². The van der Waals surface area contributed by atoms with Crippen LogP contribution in [-0.2, 0) is 8.85 Å². The molecular weight excluding hydrogens is 464 g/mol. The molecular formula is C30H52O3Si2. The van der Waals surface area contributed by atoms with Crippen molar-refractivity contribution < 1.29 is 13.6 Å². The molecule has 3 nitrogen and oxygen atoms in total. The minimum Gasteiger partial charge on any atom is -0.491 e. The maximum atomic E-state index is 6.97. The average molecular weight is 517 g/mol. The summed E-state index contributed by atoms with van der Waals surface area (Å²) in [6.45, 7) is 23.2. The number of hydrogen-bond donors (Lipinski definition) is 0. The summed E-state index contributed by atoms with van der Waals surface area (Å²) in [4.78, 5) is 0. The topological polar surface area (TPSA) is 27.7 Å². The molecule has 5 heteroatoms. The Morgan fingerprint density at radius 3 is 2.23 bits per heavy atom. The lowest BCUT2D eigenvalue weighted by atomic mass is 9.92. The second kappa shape index (κ2) is 13.4. The van der Waals surface area contributed by atoms with Gasteiger partial charge in [-0.1, -0.05) is 77.5 Å².